The Kier molecular flexibility index (Phi) is 5.63. The van der Waals surface area contributed by atoms with Gasteiger partial charge in [-0.2, -0.15) is 26.3 Å². The maximum Gasteiger partial charge on any atom is 0.433 e. The van der Waals surface area contributed by atoms with Crippen molar-refractivity contribution in [3.05, 3.63) is 53.2 Å². The van der Waals surface area contributed by atoms with Gasteiger partial charge in [-0.05, 0) is 61.9 Å². The Hall–Kier alpha value is -2.36. The first-order valence-electron chi connectivity index (χ1n) is 10.2. The quantitative estimate of drug-likeness (QED) is 0.388. The molecule has 0 amide bonds. The summed E-state index contributed by atoms with van der Waals surface area (Å²) < 4.78 is 80.3. The average Bonchev–Trinajstić information content (AvgIpc) is 3.32. The van der Waals surface area contributed by atoms with Gasteiger partial charge in [0.2, 0.25) is 0 Å². The van der Waals surface area contributed by atoms with Gasteiger partial charge in [-0.1, -0.05) is 24.4 Å². The topological polar surface area (TPSA) is 19.4 Å². The molecule has 3 atom stereocenters. The number of thiocarbonyl (C=S) groups is 1. The molecule has 2 aliphatic rings. The van der Waals surface area contributed by atoms with Gasteiger partial charge in [-0.15, -0.1) is 0 Å². The summed E-state index contributed by atoms with van der Waals surface area (Å²) in [5.74, 6) is -0.283. The standard InChI is InChI=1S/C22H21F6N3S/c1-12-4-3-5-15(8-12)30(2)20(32)19-13-6-7-16(9-13)31(19)18-11-14(21(23,24)25)10-17(29-18)22(26,27)28/h3-5,8,10-11,13,16,19H,6-7,9H2,1-2H3/t13-,16+,19-/m0/s1. The molecule has 0 N–H and O–H groups in total. The van der Waals surface area contributed by atoms with Crippen LogP contribution >= 0.6 is 12.2 Å². The first-order valence-corrected chi connectivity index (χ1v) is 10.6. The normalized spacial score (nSPS) is 23.0. The highest BCUT2D eigenvalue weighted by atomic mass is 32.1. The second kappa shape index (κ2) is 7.90. The van der Waals surface area contributed by atoms with E-state index in [1.54, 1.807) is 16.8 Å². The highest BCUT2D eigenvalue weighted by Gasteiger charge is 2.50. The third-order valence-electron chi connectivity index (χ3n) is 6.25. The zero-order chi connectivity index (χ0) is 23.4. The number of nitrogens with zero attached hydrogens (tertiary/aromatic N) is 3. The summed E-state index contributed by atoms with van der Waals surface area (Å²) in [6, 6.07) is 7.64. The predicted octanol–water partition coefficient (Wildman–Crippen LogP) is 6.25. The fraction of sp³-hybridized carbons (Fsp3) is 0.455. The highest BCUT2D eigenvalue weighted by molar-refractivity contribution is 7.80. The molecule has 4 rings (SSSR count). The van der Waals surface area contributed by atoms with E-state index >= 15 is 0 Å². The Morgan fingerprint density at radius 1 is 1.06 bits per heavy atom. The molecule has 1 aliphatic carbocycles. The number of benzene rings is 1. The van der Waals surface area contributed by atoms with Crippen molar-refractivity contribution in [2.75, 3.05) is 16.8 Å². The molecular formula is C22H21F6N3S. The lowest BCUT2D eigenvalue weighted by atomic mass is 9.97. The number of anilines is 2. The third-order valence-corrected chi connectivity index (χ3v) is 6.77. The van der Waals surface area contributed by atoms with E-state index in [4.69, 9.17) is 12.2 Å². The number of aryl methyl sites for hydroxylation is 1. The van der Waals surface area contributed by atoms with Crippen molar-refractivity contribution in [2.24, 2.45) is 5.92 Å². The molecule has 1 aliphatic heterocycles. The lowest BCUT2D eigenvalue weighted by molar-refractivity contribution is -0.145. The Bertz CT molecular complexity index is 1000. The molecule has 2 heterocycles. The Morgan fingerprint density at radius 3 is 2.41 bits per heavy atom. The number of fused-ring (bicyclic) bond motifs is 2. The molecule has 1 aromatic heterocycles. The number of likely N-dealkylation sites (N-methyl/N-ethyl adjacent to an activating group) is 1. The molecule has 0 radical (unpaired) electrons. The van der Waals surface area contributed by atoms with Crippen molar-refractivity contribution >= 4 is 28.7 Å². The van der Waals surface area contributed by atoms with Crippen molar-refractivity contribution in [1.29, 1.82) is 0 Å². The molecule has 1 saturated heterocycles. The highest BCUT2D eigenvalue weighted by Crippen LogP contribution is 2.47. The van der Waals surface area contributed by atoms with E-state index in [1.165, 1.54) is 0 Å². The molecule has 0 spiro atoms. The summed E-state index contributed by atoms with van der Waals surface area (Å²) in [6.07, 6.45) is -7.77. The largest absolute Gasteiger partial charge is 0.433 e. The minimum Gasteiger partial charge on any atom is -0.344 e. The zero-order valence-electron chi connectivity index (χ0n) is 17.3. The van der Waals surface area contributed by atoms with Crippen molar-refractivity contribution < 1.29 is 26.3 Å². The molecule has 2 bridgehead atoms. The van der Waals surface area contributed by atoms with E-state index < -0.39 is 29.7 Å². The first kappa shape index (κ1) is 22.8. The van der Waals surface area contributed by atoms with Gasteiger partial charge >= 0.3 is 12.4 Å². The minimum atomic E-state index is -5.00. The summed E-state index contributed by atoms with van der Waals surface area (Å²) in [6.45, 7) is 1.93. The summed E-state index contributed by atoms with van der Waals surface area (Å²) >= 11 is 5.73. The molecule has 2 aromatic rings. The van der Waals surface area contributed by atoms with Crippen LogP contribution in [-0.2, 0) is 12.4 Å². The number of hydrogen-bond donors (Lipinski definition) is 0. The van der Waals surface area contributed by atoms with Crippen LogP contribution in [0, 0.1) is 12.8 Å². The molecule has 0 unspecified atom stereocenters. The van der Waals surface area contributed by atoms with Crippen LogP contribution in [0.25, 0.3) is 0 Å². The summed E-state index contributed by atoms with van der Waals surface area (Å²) in [4.78, 5) is 7.43. The zero-order valence-corrected chi connectivity index (χ0v) is 18.2. The number of rotatable bonds is 3. The van der Waals surface area contributed by atoms with Gasteiger partial charge < -0.3 is 9.80 Å². The molecule has 10 heteroatoms. The molecule has 32 heavy (non-hydrogen) atoms. The molecule has 1 aromatic carbocycles. The SMILES string of the molecule is Cc1cccc(N(C)C(=S)[C@@H]2[C@H]3CC[C@H](C3)N2c2cc(C(F)(F)F)cc(C(F)(F)F)n2)c1. The number of hydrogen-bond acceptors (Lipinski definition) is 3. The maximum absolute atomic E-state index is 13.4. The monoisotopic (exact) mass is 473 g/mol. The van der Waals surface area contributed by atoms with E-state index in [-0.39, 0.29) is 23.8 Å². The van der Waals surface area contributed by atoms with E-state index in [1.807, 2.05) is 31.2 Å². The number of pyridine rings is 1. The van der Waals surface area contributed by atoms with Crippen molar-refractivity contribution in [3.63, 3.8) is 0 Å². The van der Waals surface area contributed by atoms with Crippen molar-refractivity contribution in [3.8, 4) is 0 Å². The Balaban J connectivity index is 1.76. The second-order valence-corrected chi connectivity index (χ2v) is 8.83. The molecular weight excluding hydrogens is 452 g/mol. The van der Waals surface area contributed by atoms with Crippen LogP contribution in [0.5, 0.6) is 0 Å². The van der Waals surface area contributed by atoms with Crippen LogP contribution in [0.2, 0.25) is 0 Å². The van der Waals surface area contributed by atoms with E-state index in [0.717, 1.165) is 17.7 Å². The fourth-order valence-corrected chi connectivity index (χ4v) is 5.17. The maximum atomic E-state index is 13.4. The number of piperidine rings is 1. The summed E-state index contributed by atoms with van der Waals surface area (Å²) in [5, 5.41) is 0. The van der Waals surface area contributed by atoms with Crippen molar-refractivity contribution in [2.45, 2.75) is 50.6 Å². The molecule has 2 fully saturated rings. The summed E-state index contributed by atoms with van der Waals surface area (Å²) in [7, 11) is 1.77. The number of aromatic nitrogens is 1. The van der Waals surface area contributed by atoms with Gasteiger partial charge in [-0.25, -0.2) is 4.98 Å². The second-order valence-electron chi connectivity index (χ2n) is 8.41. The fourth-order valence-electron chi connectivity index (χ4n) is 4.75. The number of halogens is 6. The smallest absolute Gasteiger partial charge is 0.344 e. The Morgan fingerprint density at radius 2 is 1.78 bits per heavy atom. The van der Waals surface area contributed by atoms with Crippen LogP contribution in [0.1, 0.15) is 36.1 Å². The average molecular weight is 473 g/mol. The van der Waals surface area contributed by atoms with Crippen LogP contribution < -0.4 is 9.80 Å². The molecule has 3 nitrogen and oxygen atoms in total. The van der Waals surface area contributed by atoms with E-state index in [9.17, 15) is 26.3 Å². The van der Waals surface area contributed by atoms with Crippen LogP contribution in [-0.4, -0.2) is 29.1 Å². The van der Waals surface area contributed by atoms with Gasteiger partial charge in [0, 0.05) is 18.8 Å². The molecule has 172 valence electrons. The van der Waals surface area contributed by atoms with Gasteiger partial charge in [-0.3, -0.25) is 0 Å². The number of alkyl halides is 6. The van der Waals surface area contributed by atoms with E-state index in [0.29, 0.717) is 23.9 Å². The van der Waals surface area contributed by atoms with Gasteiger partial charge in [0.1, 0.15) is 16.5 Å². The summed E-state index contributed by atoms with van der Waals surface area (Å²) in [5.41, 5.74) is -1.10. The van der Waals surface area contributed by atoms with E-state index in [2.05, 4.69) is 4.98 Å². The Labute approximate surface area is 187 Å². The van der Waals surface area contributed by atoms with Crippen LogP contribution in [0.3, 0.4) is 0 Å². The third kappa shape index (κ3) is 4.16. The minimum absolute atomic E-state index is 0.0467. The van der Waals surface area contributed by atoms with Gasteiger partial charge in [0.05, 0.1) is 11.6 Å². The predicted molar refractivity (Wildman–Crippen MR) is 114 cm³/mol. The lowest BCUT2D eigenvalue weighted by Crippen LogP contribution is -2.51. The molecule has 1 saturated carbocycles. The van der Waals surface area contributed by atoms with Crippen molar-refractivity contribution in [1.82, 2.24) is 4.98 Å². The lowest BCUT2D eigenvalue weighted by Gasteiger charge is -2.39. The van der Waals surface area contributed by atoms with Gasteiger partial charge in [0.25, 0.3) is 0 Å². The first-order chi connectivity index (χ1) is 14.9. The van der Waals surface area contributed by atoms with Gasteiger partial charge in [0.15, 0.2) is 0 Å². The van der Waals surface area contributed by atoms with Crippen LogP contribution in [0.15, 0.2) is 36.4 Å². The van der Waals surface area contributed by atoms with Crippen LogP contribution in [0.4, 0.5) is 37.8 Å².